The highest BCUT2D eigenvalue weighted by atomic mass is 16.5. The lowest BCUT2D eigenvalue weighted by Gasteiger charge is -2.40. The molecule has 2 aromatic heterocycles. The highest BCUT2D eigenvalue weighted by Crippen LogP contribution is 2.57. The largest absolute Gasteiger partial charge is 0.365 e. The van der Waals surface area contributed by atoms with Gasteiger partial charge in [0.2, 0.25) is 0 Å². The van der Waals surface area contributed by atoms with Crippen molar-refractivity contribution in [1.29, 1.82) is 0 Å². The fraction of sp³-hybridized carbons (Fsp3) is 0.778. The van der Waals surface area contributed by atoms with Crippen LogP contribution in [0.25, 0.3) is 0 Å². The standard InChI is InChI=1S/C36H62N2O/c1-30(2,3)22-24(28(34(13,14)15)37-26(22)32(7,8)9)36(20-19-21-39-36)25-23(31(4,5)6)27(33(10,11)12)38-29(25)35(16,17)18/h37-38H,19-21H2,1-18H3. The van der Waals surface area contributed by atoms with Crippen molar-refractivity contribution in [2.45, 2.75) is 176 Å². The molecule has 1 fully saturated rings. The van der Waals surface area contributed by atoms with E-state index in [9.17, 15) is 0 Å². The van der Waals surface area contributed by atoms with Gasteiger partial charge in [-0.25, -0.2) is 0 Å². The van der Waals surface area contributed by atoms with Gasteiger partial charge in [0.15, 0.2) is 0 Å². The molecule has 39 heavy (non-hydrogen) atoms. The molecule has 3 heterocycles. The summed E-state index contributed by atoms with van der Waals surface area (Å²) in [5, 5.41) is 0. The number of H-pyrrole nitrogens is 2. The van der Waals surface area contributed by atoms with Crippen molar-refractivity contribution in [1.82, 2.24) is 9.97 Å². The molecular formula is C36H62N2O. The molecular weight excluding hydrogens is 476 g/mol. The van der Waals surface area contributed by atoms with Crippen LogP contribution >= 0.6 is 0 Å². The van der Waals surface area contributed by atoms with Crippen LogP contribution in [0.2, 0.25) is 0 Å². The minimum atomic E-state index is -0.517. The molecule has 2 aromatic rings. The maximum Gasteiger partial charge on any atom is 0.122 e. The van der Waals surface area contributed by atoms with Gasteiger partial charge in [-0.3, -0.25) is 0 Å². The van der Waals surface area contributed by atoms with Crippen molar-refractivity contribution in [3.63, 3.8) is 0 Å². The summed E-state index contributed by atoms with van der Waals surface area (Å²) in [7, 11) is 0. The average molecular weight is 539 g/mol. The van der Waals surface area contributed by atoms with Gasteiger partial charge in [-0.2, -0.15) is 0 Å². The van der Waals surface area contributed by atoms with Gasteiger partial charge in [-0.05, 0) is 34.8 Å². The zero-order valence-corrected chi connectivity index (χ0v) is 29.0. The molecule has 0 bridgehead atoms. The van der Waals surface area contributed by atoms with Crippen LogP contribution in [0.4, 0.5) is 0 Å². The monoisotopic (exact) mass is 538 g/mol. The lowest BCUT2D eigenvalue weighted by atomic mass is 9.66. The summed E-state index contributed by atoms with van der Waals surface area (Å²) in [6.07, 6.45) is 2.06. The predicted molar refractivity (Wildman–Crippen MR) is 170 cm³/mol. The predicted octanol–water partition coefficient (Wildman–Crippen LogP) is 10.2. The van der Waals surface area contributed by atoms with E-state index in [2.05, 4.69) is 135 Å². The van der Waals surface area contributed by atoms with Gasteiger partial charge in [0.05, 0.1) is 0 Å². The van der Waals surface area contributed by atoms with Gasteiger partial charge >= 0.3 is 0 Å². The minimum absolute atomic E-state index is 0.0188. The fourth-order valence-electron chi connectivity index (χ4n) is 6.72. The highest BCUT2D eigenvalue weighted by molar-refractivity contribution is 5.60. The van der Waals surface area contributed by atoms with E-state index in [-0.39, 0.29) is 32.5 Å². The first-order chi connectivity index (χ1) is 17.1. The molecule has 0 amide bonds. The van der Waals surface area contributed by atoms with E-state index < -0.39 is 5.60 Å². The van der Waals surface area contributed by atoms with E-state index in [1.807, 2.05) is 0 Å². The maximum absolute atomic E-state index is 7.27. The number of hydrogen-bond donors (Lipinski definition) is 2. The van der Waals surface area contributed by atoms with Crippen molar-refractivity contribution in [3.8, 4) is 0 Å². The quantitative estimate of drug-likeness (QED) is 0.392. The Labute approximate surface area is 241 Å². The molecule has 3 rings (SSSR count). The SMILES string of the molecule is CC(C)(C)c1[nH]c(C(C)(C)C)c(C2(c3c(C(C)(C)C)[nH]c(C(C)(C)C)c3C(C)(C)C)CCCO2)c1C(C)(C)C. The lowest BCUT2D eigenvalue weighted by Crippen LogP contribution is -2.37. The second-order valence-electron chi connectivity index (χ2n) is 18.5. The Kier molecular flexibility index (Phi) is 7.61. The normalized spacial score (nSPS) is 17.8. The number of aromatic nitrogens is 2. The van der Waals surface area contributed by atoms with Gasteiger partial charge < -0.3 is 14.7 Å². The molecule has 1 aliphatic heterocycles. The van der Waals surface area contributed by atoms with Crippen molar-refractivity contribution < 1.29 is 4.74 Å². The van der Waals surface area contributed by atoms with E-state index in [1.54, 1.807) is 0 Å². The Morgan fingerprint density at radius 2 is 0.769 bits per heavy atom. The highest BCUT2D eigenvalue weighted by Gasteiger charge is 2.53. The third kappa shape index (κ3) is 5.68. The average Bonchev–Trinajstić information content (AvgIpc) is 3.39. The van der Waals surface area contributed by atoms with Crippen LogP contribution in [-0.2, 0) is 42.8 Å². The van der Waals surface area contributed by atoms with Crippen LogP contribution in [0.15, 0.2) is 0 Å². The number of nitrogens with one attached hydrogen (secondary N) is 2. The van der Waals surface area contributed by atoms with Crippen molar-refractivity contribution >= 4 is 0 Å². The van der Waals surface area contributed by atoms with Crippen LogP contribution in [0.1, 0.15) is 182 Å². The Morgan fingerprint density at radius 1 is 0.462 bits per heavy atom. The van der Waals surface area contributed by atoms with Crippen LogP contribution in [0, 0.1) is 0 Å². The van der Waals surface area contributed by atoms with Crippen LogP contribution < -0.4 is 0 Å². The van der Waals surface area contributed by atoms with Gasteiger partial charge in [-0.15, -0.1) is 0 Å². The Bertz CT molecular complexity index is 1100. The van der Waals surface area contributed by atoms with Crippen molar-refractivity contribution in [3.05, 3.63) is 45.0 Å². The van der Waals surface area contributed by atoms with Crippen LogP contribution in [0.5, 0.6) is 0 Å². The van der Waals surface area contributed by atoms with Gasteiger partial charge in [0.1, 0.15) is 5.60 Å². The molecule has 3 nitrogen and oxygen atoms in total. The van der Waals surface area contributed by atoms with E-state index in [0.717, 1.165) is 19.4 Å². The summed E-state index contributed by atoms with van der Waals surface area (Å²) in [6, 6.07) is 0. The minimum Gasteiger partial charge on any atom is -0.365 e. The summed E-state index contributed by atoms with van der Waals surface area (Å²) >= 11 is 0. The third-order valence-corrected chi connectivity index (χ3v) is 8.33. The van der Waals surface area contributed by atoms with E-state index in [1.165, 1.54) is 45.0 Å². The Morgan fingerprint density at radius 3 is 0.974 bits per heavy atom. The summed E-state index contributed by atoms with van der Waals surface area (Å²) in [6.45, 7) is 43.3. The van der Waals surface area contributed by atoms with Gasteiger partial charge in [0.25, 0.3) is 0 Å². The summed E-state index contributed by atoms with van der Waals surface area (Å²) < 4.78 is 7.27. The summed E-state index contributed by atoms with van der Waals surface area (Å²) in [4.78, 5) is 8.14. The van der Waals surface area contributed by atoms with Crippen molar-refractivity contribution in [2.24, 2.45) is 0 Å². The molecule has 0 spiro atoms. The second kappa shape index (κ2) is 9.27. The summed E-state index contributed by atoms with van der Waals surface area (Å²) in [5.41, 5.74) is 10.3. The molecule has 0 unspecified atom stereocenters. The number of hydrogen-bond acceptors (Lipinski definition) is 1. The molecule has 1 aliphatic rings. The summed E-state index contributed by atoms with van der Waals surface area (Å²) in [5.74, 6) is 0. The van der Waals surface area contributed by atoms with E-state index in [4.69, 9.17) is 4.74 Å². The molecule has 2 N–H and O–H groups in total. The number of rotatable bonds is 2. The first-order valence-electron chi connectivity index (χ1n) is 15.3. The second-order valence-corrected chi connectivity index (χ2v) is 18.5. The van der Waals surface area contributed by atoms with E-state index >= 15 is 0 Å². The van der Waals surface area contributed by atoms with Crippen molar-refractivity contribution in [2.75, 3.05) is 6.61 Å². The molecule has 0 saturated carbocycles. The molecule has 222 valence electrons. The Balaban J connectivity index is 2.73. The fourth-order valence-corrected chi connectivity index (χ4v) is 6.72. The van der Waals surface area contributed by atoms with Crippen LogP contribution in [0.3, 0.4) is 0 Å². The third-order valence-electron chi connectivity index (χ3n) is 8.33. The molecule has 1 saturated heterocycles. The molecule has 0 aromatic carbocycles. The lowest BCUT2D eigenvalue weighted by molar-refractivity contribution is 0.0306. The Hall–Kier alpha value is -1.48. The van der Waals surface area contributed by atoms with E-state index in [0.29, 0.717) is 0 Å². The van der Waals surface area contributed by atoms with Gasteiger partial charge in [-0.1, -0.05) is 125 Å². The zero-order chi connectivity index (χ0) is 30.4. The molecule has 0 atom stereocenters. The van der Waals surface area contributed by atoms with Gasteiger partial charge in [0, 0.05) is 62.2 Å². The molecule has 3 heteroatoms. The van der Waals surface area contributed by atoms with Crippen LogP contribution in [-0.4, -0.2) is 16.6 Å². The first-order valence-corrected chi connectivity index (χ1v) is 15.3. The smallest absolute Gasteiger partial charge is 0.122 e. The number of aromatic amines is 2. The first kappa shape index (κ1) is 32.0. The topological polar surface area (TPSA) is 40.8 Å². The maximum atomic E-state index is 7.27. The number of ether oxygens (including phenoxy) is 1. The molecule has 0 radical (unpaired) electrons. The zero-order valence-electron chi connectivity index (χ0n) is 29.0. The molecule has 0 aliphatic carbocycles.